The van der Waals surface area contributed by atoms with Crippen LogP contribution in [0, 0.1) is 0 Å². The third kappa shape index (κ3) is 2.64. The van der Waals surface area contributed by atoms with E-state index in [-0.39, 0.29) is 11.3 Å². The first-order valence-corrected chi connectivity index (χ1v) is 6.45. The number of nitrogens with zero attached hydrogens (tertiary/aromatic N) is 1. The van der Waals surface area contributed by atoms with Crippen LogP contribution in [0.25, 0.3) is 6.08 Å². The van der Waals surface area contributed by atoms with Crippen LogP contribution in [-0.2, 0) is 16.0 Å². The van der Waals surface area contributed by atoms with Gasteiger partial charge in [-0.3, -0.25) is 0 Å². The Morgan fingerprint density at radius 1 is 1.35 bits per heavy atom. The molecule has 1 aliphatic heterocycles. The number of ether oxygens (including phenoxy) is 1. The number of aryl methyl sites for hydroxylation is 1. The highest BCUT2D eigenvalue weighted by molar-refractivity contribution is 6.21. The molecule has 0 atom stereocenters. The second-order valence-corrected chi connectivity index (χ2v) is 4.54. The highest BCUT2D eigenvalue weighted by Gasteiger charge is 2.27. The lowest BCUT2D eigenvalue weighted by atomic mass is 10.1. The maximum atomic E-state index is 11.6. The Hall–Kier alpha value is -2.36. The van der Waals surface area contributed by atoms with Crippen molar-refractivity contribution >= 4 is 17.8 Å². The van der Waals surface area contributed by atoms with Crippen LogP contribution < -0.4 is 0 Å². The van der Waals surface area contributed by atoms with E-state index in [9.17, 15) is 9.90 Å². The Balaban J connectivity index is 2.36. The number of methoxy groups -OCH3 is 1. The van der Waals surface area contributed by atoms with E-state index in [2.05, 4.69) is 16.7 Å². The smallest absolute Gasteiger partial charge is 0.343 e. The van der Waals surface area contributed by atoms with Crippen LogP contribution in [0.5, 0.6) is 0 Å². The minimum Gasteiger partial charge on any atom is -0.505 e. The lowest BCUT2D eigenvalue weighted by Crippen LogP contribution is -2.11. The lowest BCUT2D eigenvalue weighted by Gasteiger charge is -2.01. The van der Waals surface area contributed by atoms with Gasteiger partial charge < -0.3 is 9.84 Å². The number of rotatable bonds is 3. The first-order chi connectivity index (χ1) is 9.56. The van der Waals surface area contributed by atoms with E-state index in [1.54, 1.807) is 13.0 Å². The van der Waals surface area contributed by atoms with Gasteiger partial charge in [-0.25, -0.2) is 9.79 Å². The molecule has 0 fully saturated rings. The summed E-state index contributed by atoms with van der Waals surface area (Å²) in [6, 6.07) is 7.97. The summed E-state index contributed by atoms with van der Waals surface area (Å²) in [5, 5.41) is 10.1. The standard InChI is InChI=1S/C16H17NO3/c1-4-11-5-7-12(8-6-11)9-13-15(18)14(10(2)17-13)16(19)20-3/h5-9,18H,4H2,1-3H3/b13-9+. The van der Waals surface area contributed by atoms with Gasteiger partial charge in [-0.1, -0.05) is 31.2 Å². The van der Waals surface area contributed by atoms with Gasteiger partial charge in [0.25, 0.3) is 0 Å². The van der Waals surface area contributed by atoms with Gasteiger partial charge in [-0.15, -0.1) is 0 Å². The molecule has 0 spiro atoms. The Labute approximate surface area is 118 Å². The summed E-state index contributed by atoms with van der Waals surface area (Å²) >= 11 is 0. The Morgan fingerprint density at radius 2 is 2.00 bits per heavy atom. The largest absolute Gasteiger partial charge is 0.505 e. The summed E-state index contributed by atoms with van der Waals surface area (Å²) in [6.07, 6.45) is 2.72. The molecule has 0 unspecified atom stereocenters. The fraction of sp³-hybridized carbons (Fsp3) is 0.250. The molecule has 1 aromatic carbocycles. The van der Waals surface area contributed by atoms with Gasteiger partial charge in [0.1, 0.15) is 11.3 Å². The van der Waals surface area contributed by atoms with Crippen molar-refractivity contribution in [2.45, 2.75) is 20.3 Å². The molecule has 0 amide bonds. The second kappa shape index (κ2) is 5.74. The van der Waals surface area contributed by atoms with Crippen molar-refractivity contribution in [2.24, 2.45) is 4.99 Å². The van der Waals surface area contributed by atoms with Crippen LogP contribution in [0.1, 0.15) is 25.0 Å². The van der Waals surface area contributed by atoms with Gasteiger partial charge in [0, 0.05) is 0 Å². The average molecular weight is 271 g/mol. The predicted molar refractivity (Wildman–Crippen MR) is 78.6 cm³/mol. The predicted octanol–water partition coefficient (Wildman–Crippen LogP) is 3.05. The fourth-order valence-corrected chi connectivity index (χ4v) is 2.04. The van der Waals surface area contributed by atoms with Crippen molar-refractivity contribution in [3.8, 4) is 0 Å². The quantitative estimate of drug-likeness (QED) is 0.859. The summed E-state index contributed by atoms with van der Waals surface area (Å²) in [6.45, 7) is 3.76. The molecule has 2 rings (SSSR count). The molecule has 0 radical (unpaired) electrons. The van der Waals surface area contributed by atoms with Gasteiger partial charge in [0.2, 0.25) is 0 Å². The summed E-state index contributed by atoms with van der Waals surface area (Å²) in [7, 11) is 1.28. The normalized spacial score (nSPS) is 16.6. The molecule has 1 aromatic rings. The zero-order valence-corrected chi connectivity index (χ0v) is 11.8. The van der Waals surface area contributed by atoms with E-state index in [0.29, 0.717) is 11.4 Å². The zero-order valence-electron chi connectivity index (χ0n) is 11.8. The topological polar surface area (TPSA) is 58.9 Å². The van der Waals surface area contributed by atoms with Crippen molar-refractivity contribution < 1.29 is 14.6 Å². The number of esters is 1. The number of aliphatic imine (C=N–C) groups is 1. The van der Waals surface area contributed by atoms with Crippen LogP contribution >= 0.6 is 0 Å². The van der Waals surface area contributed by atoms with Crippen LogP contribution in [0.4, 0.5) is 0 Å². The molecule has 104 valence electrons. The molecule has 0 aromatic heterocycles. The Morgan fingerprint density at radius 3 is 2.55 bits per heavy atom. The minimum atomic E-state index is -0.575. The molecule has 1 N–H and O–H groups in total. The van der Waals surface area contributed by atoms with Crippen LogP contribution in [0.3, 0.4) is 0 Å². The van der Waals surface area contributed by atoms with Crippen molar-refractivity contribution in [1.82, 2.24) is 0 Å². The van der Waals surface area contributed by atoms with Gasteiger partial charge in [0.15, 0.2) is 5.76 Å². The molecule has 0 bridgehead atoms. The van der Waals surface area contributed by atoms with E-state index in [4.69, 9.17) is 0 Å². The third-order valence-electron chi connectivity index (χ3n) is 3.21. The molecule has 4 heteroatoms. The summed E-state index contributed by atoms with van der Waals surface area (Å²) < 4.78 is 4.64. The van der Waals surface area contributed by atoms with Crippen molar-refractivity contribution in [3.63, 3.8) is 0 Å². The minimum absolute atomic E-state index is 0.129. The third-order valence-corrected chi connectivity index (χ3v) is 3.21. The van der Waals surface area contributed by atoms with E-state index < -0.39 is 5.97 Å². The van der Waals surface area contributed by atoms with Crippen LogP contribution in [-0.4, -0.2) is 23.9 Å². The summed E-state index contributed by atoms with van der Waals surface area (Å²) in [5.41, 5.74) is 3.14. The maximum absolute atomic E-state index is 11.6. The maximum Gasteiger partial charge on any atom is 0.343 e. The van der Waals surface area contributed by atoms with Gasteiger partial charge in [-0.2, -0.15) is 0 Å². The van der Waals surface area contributed by atoms with Crippen LogP contribution in [0.2, 0.25) is 0 Å². The summed E-state index contributed by atoms with van der Waals surface area (Å²) in [4.78, 5) is 15.8. The number of hydrogen-bond donors (Lipinski definition) is 1. The number of carbonyl (C=O) groups is 1. The van der Waals surface area contributed by atoms with E-state index >= 15 is 0 Å². The molecule has 4 nitrogen and oxygen atoms in total. The molecule has 0 saturated heterocycles. The first kappa shape index (κ1) is 14.1. The van der Waals surface area contributed by atoms with E-state index in [0.717, 1.165) is 12.0 Å². The van der Waals surface area contributed by atoms with Crippen LogP contribution in [0.15, 0.2) is 46.3 Å². The summed E-state index contributed by atoms with van der Waals surface area (Å²) in [5.74, 6) is -0.706. The van der Waals surface area contributed by atoms with Crippen molar-refractivity contribution in [2.75, 3.05) is 7.11 Å². The second-order valence-electron chi connectivity index (χ2n) is 4.54. The lowest BCUT2D eigenvalue weighted by molar-refractivity contribution is -0.135. The molecule has 0 saturated carbocycles. The van der Waals surface area contributed by atoms with E-state index in [1.165, 1.54) is 12.7 Å². The number of aliphatic hydroxyl groups is 1. The highest BCUT2D eigenvalue weighted by atomic mass is 16.5. The number of carbonyl (C=O) groups excluding carboxylic acids is 1. The first-order valence-electron chi connectivity index (χ1n) is 6.45. The number of hydrogen-bond acceptors (Lipinski definition) is 4. The molecule has 1 aliphatic rings. The van der Waals surface area contributed by atoms with Gasteiger partial charge >= 0.3 is 5.97 Å². The van der Waals surface area contributed by atoms with Crippen molar-refractivity contribution in [1.29, 1.82) is 0 Å². The molecular weight excluding hydrogens is 254 g/mol. The Bertz CT molecular complexity index is 622. The molecule has 1 heterocycles. The fourth-order valence-electron chi connectivity index (χ4n) is 2.04. The number of aliphatic hydroxyl groups excluding tert-OH is 1. The zero-order chi connectivity index (χ0) is 14.7. The number of benzene rings is 1. The monoisotopic (exact) mass is 271 g/mol. The van der Waals surface area contributed by atoms with Gasteiger partial charge in [-0.05, 0) is 30.5 Å². The van der Waals surface area contributed by atoms with Crippen molar-refractivity contribution in [3.05, 3.63) is 52.4 Å². The molecule has 0 aliphatic carbocycles. The highest BCUT2D eigenvalue weighted by Crippen LogP contribution is 2.26. The Kier molecular flexibility index (Phi) is 4.03. The molecule has 20 heavy (non-hydrogen) atoms. The molecular formula is C16H17NO3. The SMILES string of the molecule is CCc1ccc(/C=C2/N=C(C)C(C(=O)OC)=C2O)cc1. The van der Waals surface area contributed by atoms with Gasteiger partial charge in [0.05, 0.1) is 12.8 Å². The van der Waals surface area contributed by atoms with E-state index in [1.807, 2.05) is 24.3 Å². The average Bonchev–Trinajstić information content (AvgIpc) is 2.73.